The van der Waals surface area contributed by atoms with Crippen molar-refractivity contribution in [2.24, 2.45) is 5.92 Å². The molecule has 0 aliphatic carbocycles. The van der Waals surface area contributed by atoms with Crippen molar-refractivity contribution in [3.05, 3.63) is 20.3 Å². The Balaban J connectivity index is 3.25. The van der Waals surface area contributed by atoms with Crippen LogP contribution < -0.4 is 5.32 Å². The summed E-state index contributed by atoms with van der Waals surface area (Å²) < 4.78 is 76.6. The van der Waals surface area contributed by atoms with Crippen LogP contribution in [0.4, 0.5) is 26.3 Å². The summed E-state index contributed by atoms with van der Waals surface area (Å²) in [6.07, 6.45) is -10.7. The molecule has 0 spiro atoms. The third-order valence-electron chi connectivity index (χ3n) is 2.53. The van der Waals surface area contributed by atoms with Gasteiger partial charge in [0.05, 0.1) is 9.83 Å². The quantitative estimate of drug-likeness (QED) is 0.753. The monoisotopic (exact) mass is 369 g/mol. The van der Waals surface area contributed by atoms with Gasteiger partial charge in [-0.2, -0.15) is 26.3 Å². The summed E-state index contributed by atoms with van der Waals surface area (Å²) >= 11 is 3.95. The zero-order valence-corrected chi connectivity index (χ0v) is 12.2. The highest BCUT2D eigenvalue weighted by atomic mass is 79.9. The van der Waals surface area contributed by atoms with Crippen LogP contribution in [0.3, 0.4) is 0 Å². The zero-order valence-electron chi connectivity index (χ0n) is 9.79. The predicted octanol–water partition coefficient (Wildman–Crippen LogP) is 4.82. The summed E-state index contributed by atoms with van der Waals surface area (Å²) in [7, 11) is 1.08. The first-order valence-corrected chi connectivity index (χ1v) is 6.66. The molecule has 0 amide bonds. The van der Waals surface area contributed by atoms with Crippen LogP contribution in [0.2, 0.25) is 0 Å². The predicted molar refractivity (Wildman–Crippen MR) is 64.2 cm³/mol. The van der Waals surface area contributed by atoms with E-state index in [0.29, 0.717) is 9.35 Å². The SMILES string of the molecule is CNC(c1cc(C)c(Br)s1)C(C(F)(F)F)C(F)(F)F. The molecule has 0 radical (unpaired) electrons. The molecule has 0 aliphatic heterocycles. The molecule has 1 aromatic heterocycles. The number of rotatable bonds is 3. The Morgan fingerprint density at radius 3 is 1.89 bits per heavy atom. The maximum Gasteiger partial charge on any atom is 0.402 e. The van der Waals surface area contributed by atoms with Gasteiger partial charge in [-0.15, -0.1) is 11.3 Å². The molecule has 19 heavy (non-hydrogen) atoms. The molecule has 1 N–H and O–H groups in total. The van der Waals surface area contributed by atoms with Gasteiger partial charge >= 0.3 is 12.4 Å². The van der Waals surface area contributed by atoms with Crippen molar-refractivity contribution in [2.75, 3.05) is 7.05 Å². The van der Waals surface area contributed by atoms with E-state index < -0.39 is 24.3 Å². The molecular formula is C10H10BrF6NS. The summed E-state index contributed by atoms with van der Waals surface area (Å²) in [5.41, 5.74) is 0.600. The minimum Gasteiger partial charge on any atom is -0.312 e. The first-order chi connectivity index (χ1) is 8.48. The summed E-state index contributed by atoms with van der Waals surface area (Å²) in [4.78, 5) is -0.00785. The van der Waals surface area contributed by atoms with Crippen molar-refractivity contribution in [3.8, 4) is 0 Å². The number of alkyl halides is 6. The smallest absolute Gasteiger partial charge is 0.312 e. The maximum atomic E-state index is 12.7. The summed E-state index contributed by atoms with van der Waals surface area (Å²) in [6, 6.07) is -0.532. The van der Waals surface area contributed by atoms with Crippen LogP contribution in [0.1, 0.15) is 16.5 Å². The second-order valence-corrected chi connectivity index (χ2v) is 6.33. The van der Waals surface area contributed by atoms with E-state index in [-0.39, 0.29) is 4.88 Å². The molecule has 1 rings (SSSR count). The van der Waals surface area contributed by atoms with E-state index >= 15 is 0 Å². The van der Waals surface area contributed by atoms with Gasteiger partial charge in [-0.05, 0) is 41.5 Å². The molecule has 0 saturated carbocycles. The Morgan fingerprint density at radius 1 is 1.16 bits per heavy atom. The van der Waals surface area contributed by atoms with Gasteiger partial charge in [-0.3, -0.25) is 0 Å². The minimum atomic E-state index is -5.36. The number of halogens is 7. The van der Waals surface area contributed by atoms with Crippen molar-refractivity contribution >= 4 is 27.3 Å². The second-order valence-electron chi connectivity index (χ2n) is 3.93. The lowest BCUT2D eigenvalue weighted by Gasteiger charge is -2.29. The molecule has 0 fully saturated rings. The average molecular weight is 370 g/mol. The van der Waals surface area contributed by atoms with Crippen LogP contribution in [-0.4, -0.2) is 19.4 Å². The zero-order chi connectivity index (χ0) is 15.0. The van der Waals surface area contributed by atoms with Crippen LogP contribution in [0.15, 0.2) is 9.85 Å². The second kappa shape index (κ2) is 5.61. The van der Waals surface area contributed by atoms with Gasteiger partial charge in [0, 0.05) is 4.88 Å². The maximum absolute atomic E-state index is 12.7. The summed E-state index contributed by atoms with van der Waals surface area (Å²) in [5, 5.41) is 2.12. The standard InChI is InChI=1S/C10H10BrF6NS/c1-4-3-5(19-8(4)11)6(18-2)7(9(12,13)14)10(15,16)17/h3,6-7,18H,1-2H3. The Bertz CT molecular complexity index is 405. The highest BCUT2D eigenvalue weighted by Crippen LogP contribution is 2.48. The van der Waals surface area contributed by atoms with E-state index in [4.69, 9.17) is 0 Å². The fourth-order valence-electron chi connectivity index (χ4n) is 1.67. The Morgan fingerprint density at radius 2 is 1.63 bits per heavy atom. The van der Waals surface area contributed by atoms with Crippen molar-refractivity contribution in [3.63, 3.8) is 0 Å². The Labute approximate surface area is 118 Å². The molecule has 110 valence electrons. The average Bonchev–Trinajstić information content (AvgIpc) is 2.51. The van der Waals surface area contributed by atoms with Crippen LogP contribution in [0.5, 0.6) is 0 Å². The molecule has 0 saturated heterocycles. The van der Waals surface area contributed by atoms with Crippen molar-refractivity contribution in [1.29, 1.82) is 0 Å². The van der Waals surface area contributed by atoms with Gasteiger partial charge in [0.2, 0.25) is 0 Å². The van der Waals surface area contributed by atoms with Crippen molar-refractivity contribution in [1.82, 2.24) is 5.32 Å². The number of hydrogen-bond donors (Lipinski definition) is 1. The highest BCUT2D eigenvalue weighted by molar-refractivity contribution is 9.11. The first kappa shape index (κ1) is 16.8. The van der Waals surface area contributed by atoms with Crippen LogP contribution in [0, 0.1) is 12.8 Å². The molecule has 1 aromatic rings. The molecular weight excluding hydrogens is 360 g/mol. The van der Waals surface area contributed by atoms with Gasteiger partial charge in [0.1, 0.15) is 0 Å². The largest absolute Gasteiger partial charge is 0.402 e. The highest BCUT2D eigenvalue weighted by Gasteiger charge is 2.60. The van der Waals surface area contributed by atoms with E-state index in [2.05, 4.69) is 21.2 Å². The normalized spacial score (nSPS) is 15.1. The van der Waals surface area contributed by atoms with Crippen molar-refractivity contribution < 1.29 is 26.3 Å². The van der Waals surface area contributed by atoms with Gasteiger partial charge in [0.25, 0.3) is 0 Å². The van der Waals surface area contributed by atoms with Gasteiger partial charge in [0.15, 0.2) is 5.92 Å². The fourth-order valence-corrected chi connectivity index (χ4v) is 3.39. The molecule has 0 aromatic carbocycles. The summed E-state index contributed by atoms with van der Waals surface area (Å²) in [6.45, 7) is 1.60. The molecule has 9 heteroatoms. The Hall–Kier alpha value is -0.280. The Kier molecular flexibility index (Phi) is 4.95. The lowest BCUT2D eigenvalue weighted by molar-refractivity contribution is -0.292. The molecule has 1 nitrogen and oxygen atoms in total. The topological polar surface area (TPSA) is 12.0 Å². The lowest BCUT2D eigenvalue weighted by Crippen LogP contribution is -2.44. The van der Waals surface area contributed by atoms with E-state index in [1.54, 1.807) is 6.92 Å². The third-order valence-corrected chi connectivity index (χ3v) is 4.75. The van der Waals surface area contributed by atoms with Gasteiger partial charge in [-0.1, -0.05) is 0 Å². The number of aryl methyl sites for hydroxylation is 1. The van der Waals surface area contributed by atoms with Crippen molar-refractivity contribution in [2.45, 2.75) is 25.3 Å². The van der Waals surface area contributed by atoms with Crippen LogP contribution in [-0.2, 0) is 0 Å². The fraction of sp³-hybridized carbons (Fsp3) is 0.600. The minimum absolute atomic E-state index is 0.00785. The number of nitrogens with one attached hydrogen (secondary N) is 1. The lowest BCUT2D eigenvalue weighted by atomic mass is 9.96. The van der Waals surface area contributed by atoms with E-state index in [0.717, 1.165) is 18.4 Å². The summed E-state index contributed by atoms with van der Waals surface area (Å²) in [5.74, 6) is -3.44. The van der Waals surface area contributed by atoms with E-state index in [9.17, 15) is 26.3 Å². The van der Waals surface area contributed by atoms with Crippen LogP contribution >= 0.6 is 27.3 Å². The number of thiophene rings is 1. The van der Waals surface area contributed by atoms with Gasteiger partial charge in [-0.25, -0.2) is 0 Å². The molecule has 0 aliphatic rings. The third kappa shape index (κ3) is 3.85. The molecule has 0 bridgehead atoms. The van der Waals surface area contributed by atoms with E-state index in [1.807, 2.05) is 0 Å². The van der Waals surface area contributed by atoms with Crippen LogP contribution in [0.25, 0.3) is 0 Å². The first-order valence-electron chi connectivity index (χ1n) is 5.05. The molecule has 1 unspecified atom stereocenters. The molecule has 1 heterocycles. The van der Waals surface area contributed by atoms with Gasteiger partial charge < -0.3 is 5.32 Å². The number of hydrogen-bond acceptors (Lipinski definition) is 2. The molecule has 1 atom stereocenters. The van der Waals surface area contributed by atoms with E-state index in [1.165, 1.54) is 6.07 Å².